The van der Waals surface area contributed by atoms with Gasteiger partial charge in [0.2, 0.25) is 0 Å². The lowest BCUT2D eigenvalue weighted by molar-refractivity contribution is -0.165. The molecule has 0 amide bonds. The maximum atomic E-state index is 11.8. The van der Waals surface area contributed by atoms with Gasteiger partial charge in [-0.15, -0.1) is 0 Å². The molecule has 1 aromatic rings. The molecule has 0 radical (unpaired) electrons. The summed E-state index contributed by atoms with van der Waals surface area (Å²) in [5.41, 5.74) is 6.60. The smallest absolute Gasteiger partial charge is 0.338 e. The summed E-state index contributed by atoms with van der Waals surface area (Å²) in [4.78, 5) is 35.5. The van der Waals surface area contributed by atoms with Crippen LogP contribution in [0.25, 0.3) is 0 Å². The fourth-order valence-corrected chi connectivity index (χ4v) is 1.59. The zero-order valence-electron chi connectivity index (χ0n) is 15.6. The van der Waals surface area contributed by atoms with Crippen molar-refractivity contribution in [1.82, 2.24) is 4.98 Å². The summed E-state index contributed by atoms with van der Waals surface area (Å²) in [6, 6.07) is 3.19. The van der Waals surface area contributed by atoms with Crippen molar-refractivity contribution in [2.24, 2.45) is 5.73 Å². The number of pyridine rings is 1. The lowest BCUT2D eigenvalue weighted by Crippen LogP contribution is -2.39. The molecule has 0 saturated carbocycles. The third kappa shape index (κ3) is 9.08. The molecule has 10 nitrogen and oxygen atoms in total. The second-order valence-electron chi connectivity index (χ2n) is 6.55. The molecule has 0 fully saturated rings. The van der Waals surface area contributed by atoms with Crippen LogP contribution in [0.4, 0.5) is 0 Å². The number of carboxylic acid groups (broad SMARTS) is 2. The number of hydrogen-bond acceptors (Lipinski definition) is 8. The van der Waals surface area contributed by atoms with E-state index in [0.29, 0.717) is 5.56 Å². The van der Waals surface area contributed by atoms with Crippen LogP contribution < -0.4 is 5.73 Å². The molecule has 0 aliphatic carbocycles. The van der Waals surface area contributed by atoms with E-state index in [4.69, 9.17) is 30.9 Å². The van der Waals surface area contributed by atoms with Crippen LogP contribution in [-0.2, 0) is 14.3 Å². The quantitative estimate of drug-likeness (QED) is 0.427. The first-order valence-electron chi connectivity index (χ1n) is 8.06. The summed E-state index contributed by atoms with van der Waals surface area (Å²) < 4.78 is 5.28. The molecular formula is C17H26N2O8. The third-order valence-electron chi connectivity index (χ3n) is 3.04. The largest absolute Gasteiger partial charge is 0.479 e. The van der Waals surface area contributed by atoms with Crippen molar-refractivity contribution >= 4 is 17.9 Å². The third-order valence-corrected chi connectivity index (χ3v) is 3.04. The van der Waals surface area contributed by atoms with Gasteiger partial charge in [0.15, 0.2) is 12.2 Å². The van der Waals surface area contributed by atoms with Crippen molar-refractivity contribution in [3.63, 3.8) is 0 Å². The van der Waals surface area contributed by atoms with Gasteiger partial charge in [-0.05, 0) is 39.3 Å². The van der Waals surface area contributed by atoms with Crippen LogP contribution in [0.15, 0.2) is 18.3 Å². The zero-order chi connectivity index (χ0) is 21.4. The predicted octanol–water partition coefficient (Wildman–Crippen LogP) is 0.324. The van der Waals surface area contributed by atoms with Crippen LogP contribution in [0, 0.1) is 0 Å². The average molecular weight is 386 g/mol. The Hall–Kier alpha value is -2.56. The molecule has 3 atom stereocenters. The van der Waals surface area contributed by atoms with Crippen LogP contribution >= 0.6 is 0 Å². The Morgan fingerprint density at radius 3 is 2.00 bits per heavy atom. The van der Waals surface area contributed by atoms with Crippen LogP contribution in [0.1, 0.15) is 56.2 Å². The van der Waals surface area contributed by atoms with E-state index < -0.39 is 29.7 Å². The van der Waals surface area contributed by atoms with E-state index in [1.54, 1.807) is 18.3 Å². The molecule has 152 valence electrons. The van der Waals surface area contributed by atoms with E-state index in [1.165, 1.54) is 0 Å². The second-order valence-corrected chi connectivity index (χ2v) is 6.55. The fraction of sp³-hybridized carbons (Fsp3) is 0.529. The molecular weight excluding hydrogens is 360 g/mol. The molecule has 10 heteroatoms. The Bertz CT molecular complexity index is 639. The number of aliphatic hydroxyl groups is 2. The molecule has 0 aliphatic rings. The van der Waals surface area contributed by atoms with E-state index in [1.807, 2.05) is 27.7 Å². The Morgan fingerprint density at radius 1 is 1.15 bits per heavy atom. The van der Waals surface area contributed by atoms with Gasteiger partial charge in [0.1, 0.15) is 5.60 Å². The molecule has 27 heavy (non-hydrogen) atoms. The Labute approximate surface area is 156 Å². The minimum absolute atomic E-state index is 0.141. The first kappa shape index (κ1) is 24.4. The predicted molar refractivity (Wildman–Crippen MR) is 93.9 cm³/mol. The number of hydrogen-bond donors (Lipinski definition) is 5. The summed E-state index contributed by atoms with van der Waals surface area (Å²) in [5, 5.41) is 32.5. The molecule has 0 aliphatic heterocycles. The summed E-state index contributed by atoms with van der Waals surface area (Å²) in [7, 11) is 0. The number of carbonyl (C=O) groups excluding carboxylic acids is 1. The second kappa shape index (κ2) is 10.6. The van der Waals surface area contributed by atoms with Gasteiger partial charge in [-0.3, -0.25) is 4.98 Å². The molecule has 0 aromatic carbocycles. The lowest BCUT2D eigenvalue weighted by atomic mass is 10.1. The number of ether oxygens (including phenoxy) is 1. The number of nitrogens with zero attached hydrogens (tertiary/aromatic N) is 1. The monoisotopic (exact) mass is 386 g/mol. The molecule has 6 N–H and O–H groups in total. The normalized spacial score (nSPS) is 14.2. The van der Waals surface area contributed by atoms with Gasteiger partial charge in [-0.2, -0.15) is 0 Å². The topological polar surface area (TPSA) is 180 Å². The van der Waals surface area contributed by atoms with E-state index in [9.17, 15) is 14.4 Å². The van der Waals surface area contributed by atoms with Crippen LogP contribution in [0.5, 0.6) is 0 Å². The summed E-state index contributed by atoms with van der Waals surface area (Å²) in [5.74, 6) is -3.88. The van der Waals surface area contributed by atoms with Crippen molar-refractivity contribution in [3.05, 3.63) is 29.6 Å². The van der Waals surface area contributed by atoms with Crippen molar-refractivity contribution in [2.45, 2.75) is 58.0 Å². The number of rotatable bonds is 6. The van der Waals surface area contributed by atoms with Gasteiger partial charge in [0, 0.05) is 12.2 Å². The molecule has 1 heterocycles. The van der Waals surface area contributed by atoms with Gasteiger partial charge < -0.3 is 30.9 Å². The number of aromatic nitrogens is 1. The van der Waals surface area contributed by atoms with Crippen molar-refractivity contribution in [3.8, 4) is 0 Å². The summed E-state index contributed by atoms with van der Waals surface area (Å²) in [6.07, 6.45) is -2.16. The Kier molecular flexibility index (Phi) is 9.55. The summed E-state index contributed by atoms with van der Waals surface area (Å²) >= 11 is 0. The SMILES string of the molecule is CC[C@@H](N)c1cc(C(=O)OC(C)(C)C)ccn1.O=C(O)C(O)C(O)C(=O)O. The molecule has 0 bridgehead atoms. The van der Waals surface area contributed by atoms with Gasteiger partial charge in [0.05, 0.1) is 11.3 Å². The maximum absolute atomic E-state index is 11.8. The first-order chi connectivity index (χ1) is 12.3. The highest BCUT2D eigenvalue weighted by Gasteiger charge is 2.29. The van der Waals surface area contributed by atoms with Gasteiger partial charge in [-0.1, -0.05) is 6.92 Å². The van der Waals surface area contributed by atoms with E-state index in [2.05, 4.69) is 4.98 Å². The number of carboxylic acids is 2. The molecule has 1 rings (SSSR count). The minimum atomic E-state index is -2.27. The van der Waals surface area contributed by atoms with Crippen molar-refractivity contribution in [2.75, 3.05) is 0 Å². The highest BCUT2D eigenvalue weighted by Crippen LogP contribution is 2.15. The van der Waals surface area contributed by atoms with E-state index >= 15 is 0 Å². The molecule has 2 unspecified atom stereocenters. The van der Waals surface area contributed by atoms with Gasteiger partial charge >= 0.3 is 17.9 Å². The van der Waals surface area contributed by atoms with Crippen LogP contribution in [-0.4, -0.2) is 61.1 Å². The standard InChI is InChI=1S/C13H20N2O2.C4H6O6/c1-5-10(14)11-8-9(6-7-15-11)12(16)17-13(2,3)4;5-1(3(7)8)2(6)4(9)10/h6-8,10H,5,14H2,1-4H3;1-2,5-6H,(H,7,8)(H,9,10)/t10-;/m1./s1. The zero-order valence-corrected chi connectivity index (χ0v) is 15.6. The summed E-state index contributed by atoms with van der Waals surface area (Å²) in [6.45, 7) is 7.49. The molecule has 0 saturated heterocycles. The minimum Gasteiger partial charge on any atom is -0.479 e. The van der Waals surface area contributed by atoms with E-state index in [-0.39, 0.29) is 12.0 Å². The molecule has 1 aromatic heterocycles. The average Bonchev–Trinajstić information content (AvgIpc) is 2.58. The van der Waals surface area contributed by atoms with Gasteiger partial charge in [-0.25, -0.2) is 14.4 Å². The van der Waals surface area contributed by atoms with E-state index in [0.717, 1.165) is 12.1 Å². The lowest BCUT2D eigenvalue weighted by Gasteiger charge is -2.19. The maximum Gasteiger partial charge on any atom is 0.338 e. The molecule has 0 spiro atoms. The first-order valence-corrected chi connectivity index (χ1v) is 8.06. The highest BCUT2D eigenvalue weighted by atomic mass is 16.6. The number of aliphatic hydroxyl groups excluding tert-OH is 2. The highest BCUT2D eigenvalue weighted by molar-refractivity contribution is 5.89. The van der Waals surface area contributed by atoms with Crippen LogP contribution in [0.2, 0.25) is 0 Å². The fourth-order valence-electron chi connectivity index (χ4n) is 1.59. The number of esters is 1. The van der Waals surface area contributed by atoms with Crippen LogP contribution in [0.3, 0.4) is 0 Å². The Balaban J connectivity index is 0.000000580. The number of carbonyl (C=O) groups is 3. The van der Waals surface area contributed by atoms with Crippen molar-refractivity contribution in [1.29, 1.82) is 0 Å². The van der Waals surface area contributed by atoms with Crippen molar-refractivity contribution < 1.29 is 39.5 Å². The Morgan fingerprint density at radius 2 is 1.63 bits per heavy atom. The number of nitrogens with two attached hydrogens (primary N) is 1. The van der Waals surface area contributed by atoms with Gasteiger partial charge in [0.25, 0.3) is 0 Å². The number of aliphatic carboxylic acids is 2.